The zero-order valence-electron chi connectivity index (χ0n) is 7.57. The van der Waals surface area contributed by atoms with Crippen molar-refractivity contribution in [2.24, 2.45) is 0 Å². The molecule has 0 fully saturated rings. The van der Waals surface area contributed by atoms with Gasteiger partial charge in [0.2, 0.25) is 6.29 Å². The van der Waals surface area contributed by atoms with Gasteiger partial charge in [-0.1, -0.05) is 0 Å². The average molecular weight is 211 g/mol. The molecular weight excluding hydrogens is 200 g/mol. The summed E-state index contributed by atoms with van der Waals surface area (Å²) in [4.78, 5) is 20.9. The molecule has 0 bridgehead atoms. The Labute approximate surface area is 80.9 Å². The minimum absolute atomic E-state index is 0.286. The Hall–Kier alpha value is -0.970. The number of carbonyl (C=O) groups is 2. The number of hydrogen-bond donors (Lipinski definition) is 0. The highest BCUT2D eigenvalue weighted by Crippen LogP contribution is 2.01. The van der Waals surface area contributed by atoms with E-state index < -0.39 is 17.9 Å². The Balaban J connectivity index is 3.71. The van der Waals surface area contributed by atoms with Crippen LogP contribution in [0.4, 0.5) is 9.59 Å². The molecule has 0 aromatic heterocycles. The van der Waals surface area contributed by atoms with Gasteiger partial charge in [0.25, 0.3) is 0 Å². The molecule has 0 aromatic carbocycles. The number of ether oxygens (including phenoxy) is 3. The second-order valence-corrected chi connectivity index (χ2v) is 2.77. The van der Waals surface area contributed by atoms with Crippen LogP contribution >= 0.6 is 11.6 Å². The highest BCUT2D eigenvalue weighted by Gasteiger charge is 2.14. The van der Waals surface area contributed by atoms with Gasteiger partial charge >= 0.3 is 11.6 Å². The van der Waals surface area contributed by atoms with Crippen LogP contribution < -0.4 is 0 Å². The molecule has 0 saturated heterocycles. The lowest BCUT2D eigenvalue weighted by atomic mass is 10.5. The van der Waals surface area contributed by atoms with E-state index in [2.05, 4.69) is 14.2 Å². The SMILES string of the molecule is CC(C)OC(=O)OC(C)OC(=O)Cl. The van der Waals surface area contributed by atoms with Gasteiger partial charge in [0.05, 0.1) is 6.10 Å². The molecule has 6 heteroatoms. The highest BCUT2D eigenvalue weighted by atomic mass is 35.5. The van der Waals surface area contributed by atoms with Crippen molar-refractivity contribution in [3.63, 3.8) is 0 Å². The monoisotopic (exact) mass is 210 g/mol. The minimum atomic E-state index is -1.05. The van der Waals surface area contributed by atoms with E-state index in [-0.39, 0.29) is 6.10 Å². The van der Waals surface area contributed by atoms with Gasteiger partial charge in [-0.25, -0.2) is 9.59 Å². The van der Waals surface area contributed by atoms with E-state index >= 15 is 0 Å². The van der Waals surface area contributed by atoms with Crippen LogP contribution in [0.2, 0.25) is 0 Å². The van der Waals surface area contributed by atoms with Crippen molar-refractivity contribution in [3.05, 3.63) is 0 Å². The fourth-order valence-corrected chi connectivity index (χ4v) is 0.636. The molecule has 0 aliphatic carbocycles. The molecule has 0 spiro atoms. The van der Waals surface area contributed by atoms with Crippen LogP contribution in [0.5, 0.6) is 0 Å². The van der Waals surface area contributed by atoms with Crippen LogP contribution in [-0.4, -0.2) is 24.0 Å². The Morgan fingerprint density at radius 1 is 1.08 bits per heavy atom. The summed E-state index contributed by atoms with van der Waals surface area (Å²) in [5, 5.41) is 0. The zero-order chi connectivity index (χ0) is 10.4. The fraction of sp³-hybridized carbons (Fsp3) is 0.714. The predicted molar refractivity (Wildman–Crippen MR) is 44.5 cm³/mol. The molecule has 0 saturated carbocycles. The molecule has 0 aromatic rings. The Morgan fingerprint density at radius 2 is 1.62 bits per heavy atom. The molecule has 0 aliphatic heterocycles. The minimum Gasteiger partial charge on any atom is -0.431 e. The summed E-state index contributed by atoms with van der Waals surface area (Å²) in [6, 6.07) is 0. The molecule has 0 radical (unpaired) electrons. The largest absolute Gasteiger partial charge is 0.511 e. The van der Waals surface area contributed by atoms with E-state index in [1.54, 1.807) is 13.8 Å². The maximum Gasteiger partial charge on any atom is 0.511 e. The lowest BCUT2D eigenvalue weighted by Crippen LogP contribution is -2.21. The van der Waals surface area contributed by atoms with Gasteiger partial charge in [0.1, 0.15) is 0 Å². The topological polar surface area (TPSA) is 61.8 Å². The number of carbonyl (C=O) groups excluding carboxylic acids is 2. The first-order valence-electron chi connectivity index (χ1n) is 3.65. The number of rotatable bonds is 3. The van der Waals surface area contributed by atoms with Gasteiger partial charge in [0, 0.05) is 18.5 Å². The summed E-state index contributed by atoms with van der Waals surface area (Å²) in [5.41, 5.74) is -1.04. The summed E-state index contributed by atoms with van der Waals surface area (Å²) in [5.74, 6) is 0. The normalized spacial score (nSPS) is 12.1. The van der Waals surface area contributed by atoms with Crippen molar-refractivity contribution in [2.75, 3.05) is 0 Å². The molecular formula is C7H11ClO5. The van der Waals surface area contributed by atoms with Gasteiger partial charge in [0.15, 0.2) is 0 Å². The van der Waals surface area contributed by atoms with Gasteiger partial charge in [-0.15, -0.1) is 0 Å². The van der Waals surface area contributed by atoms with Gasteiger partial charge in [-0.2, -0.15) is 0 Å². The molecule has 0 rings (SSSR count). The molecule has 0 amide bonds. The van der Waals surface area contributed by atoms with Crippen LogP contribution in [0.15, 0.2) is 0 Å². The first-order chi connectivity index (χ1) is 5.91. The molecule has 76 valence electrons. The van der Waals surface area contributed by atoms with Crippen molar-refractivity contribution in [1.29, 1.82) is 0 Å². The Morgan fingerprint density at radius 3 is 2.00 bits per heavy atom. The Bertz CT molecular complexity index is 191. The first-order valence-corrected chi connectivity index (χ1v) is 4.03. The van der Waals surface area contributed by atoms with Crippen molar-refractivity contribution < 1.29 is 23.8 Å². The second kappa shape index (κ2) is 5.64. The molecule has 13 heavy (non-hydrogen) atoms. The molecule has 0 aliphatic rings. The van der Waals surface area contributed by atoms with Crippen LogP contribution in [0.1, 0.15) is 20.8 Å². The van der Waals surface area contributed by atoms with E-state index in [1.807, 2.05) is 0 Å². The summed E-state index contributed by atoms with van der Waals surface area (Å²) < 4.78 is 13.4. The maximum absolute atomic E-state index is 10.8. The third-order valence-electron chi connectivity index (χ3n) is 0.853. The standard InChI is InChI=1S/C7H11ClO5/c1-4(2)11-7(10)13-5(3)12-6(8)9/h4-5H,1-3H3. The average Bonchev–Trinajstić information content (AvgIpc) is 1.80. The summed E-state index contributed by atoms with van der Waals surface area (Å²) >= 11 is 4.87. The summed E-state index contributed by atoms with van der Waals surface area (Å²) in [6.07, 6.45) is -2.23. The van der Waals surface area contributed by atoms with E-state index in [4.69, 9.17) is 11.6 Å². The zero-order valence-corrected chi connectivity index (χ0v) is 8.33. The third kappa shape index (κ3) is 7.39. The smallest absolute Gasteiger partial charge is 0.431 e. The molecule has 1 atom stereocenters. The number of hydrogen-bond acceptors (Lipinski definition) is 5. The van der Waals surface area contributed by atoms with E-state index in [1.165, 1.54) is 6.92 Å². The van der Waals surface area contributed by atoms with Gasteiger partial charge < -0.3 is 14.2 Å². The number of halogens is 1. The van der Waals surface area contributed by atoms with Crippen molar-refractivity contribution >= 4 is 23.2 Å². The lowest BCUT2D eigenvalue weighted by molar-refractivity contribution is -0.0742. The predicted octanol–water partition coefficient (Wildman–Crippen LogP) is 2.27. The van der Waals surface area contributed by atoms with Crippen LogP contribution in [-0.2, 0) is 14.2 Å². The molecule has 1 unspecified atom stereocenters. The third-order valence-corrected chi connectivity index (χ3v) is 0.942. The van der Waals surface area contributed by atoms with Gasteiger partial charge in [-0.05, 0) is 13.8 Å². The van der Waals surface area contributed by atoms with E-state index in [9.17, 15) is 9.59 Å². The van der Waals surface area contributed by atoms with Crippen LogP contribution in [0.25, 0.3) is 0 Å². The Kier molecular flexibility index (Phi) is 5.22. The summed E-state index contributed by atoms with van der Waals surface area (Å²) in [6.45, 7) is 4.68. The molecule has 0 heterocycles. The molecule has 5 nitrogen and oxygen atoms in total. The fourth-order valence-electron chi connectivity index (χ4n) is 0.510. The highest BCUT2D eigenvalue weighted by molar-refractivity contribution is 6.61. The lowest BCUT2D eigenvalue weighted by Gasteiger charge is -2.13. The molecule has 0 N–H and O–H groups in total. The second-order valence-electron chi connectivity index (χ2n) is 2.46. The van der Waals surface area contributed by atoms with Crippen LogP contribution in [0, 0.1) is 0 Å². The quantitative estimate of drug-likeness (QED) is 0.406. The van der Waals surface area contributed by atoms with Crippen molar-refractivity contribution in [3.8, 4) is 0 Å². The van der Waals surface area contributed by atoms with E-state index in [0.717, 1.165) is 0 Å². The van der Waals surface area contributed by atoms with Gasteiger partial charge in [-0.3, -0.25) is 0 Å². The van der Waals surface area contributed by atoms with Crippen molar-refractivity contribution in [2.45, 2.75) is 33.2 Å². The maximum atomic E-state index is 10.8. The van der Waals surface area contributed by atoms with E-state index in [0.29, 0.717) is 0 Å². The first kappa shape index (κ1) is 12.0. The summed E-state index contributed by atoms with van der Waals surface area (Å²) in [7, 11) is 0. The van der Waals surface area contributed by atoms with Crippen molar-refractivity contribution in [1.82, 2.24) is 0 Å². The van der Waals surface area contributed by atoms with Crippen LogP contribution in [0.3, 0.4) is 0 Å².